The van der Waals surface area contributed by atoms with Crippen LogP contribution in [-0.4, -0.2) is 20.3 Å². The Bertz CT molecular complexity index is 677. The van der Waals surface area contributed by atoms with E-state index in [0.29, 0.717) is 12.8 Å². The number of ketones is 1. The first kappa shape index (κ1) is 15.7. The summed E-state index contributed by atoms with van der Waals surface area (Å²) in [5.41, 5.74) is 0.608. The van der Waals surface area contributed by atoms with Gasteiger partial charge in [-0.3, -0.25) is 8.98 Å². The van der Waals surface area contributed by atoms with Crippen molar-refractivity contribution in [3.8, 4) is 0 Å². The van der Waals surface area contributed by atoms with Gasteiger partial charge in [0.2, 0.25) is 0 Å². The SMILES string of the molecule is Cc1ccc(S(=O)(=O)O[C@@H]2CCC[C@]3(C)C(=O)CC[C@@H]23)cc1. The minimum Gasteiger partial charge on any atom is -0.299 e. The van der Waals surface area contributed by atoms with Gasteiger partial charge in [0.05, 0.1) is 11.0 Å². The van der Waals surface area contributed by atoms with Crippen LogP contribution in [0.4, 0.5) is 0 Å². The molecule has 0 aromatic heterocycles. The van der Waals surface area contributed by atoms with Crippen molar-refractivity contribution in [2.24, 2.45) is 11.3 Å². The fourth-order valence-corrected chi connectivity index (χ4v) is 5.06. The Hall–Kier alpha value is -1.20. The van der Waals surface area contributed by atoms with Crippen LogP contribution in [0.5, 0.6) is 0 Å². The Balaban J connectivity index is 1.83. The van der Waals surface area contributed by atoms with Crippen molar-refractivity contribution in [1.82, 2.24) is 0 Å². The third-order valence-corrected chi connectivity index (χ3v) is 6.68. The highest BCUT2D eigenvalue weighted by molar-refractivity contribution is 7.86. The molecule has 0 bridgehead atoms. The summed E-state index contributed by atoms with van der Waals surface area (Å²) in [4.78, 5) is 12.3. The van der Waals surface area contributed by atoms with Crippen LogP contribution in [0.1, 0.15) is 44.6 Å². The summed E-state index contributed by atoms with van der Waals surface area (Å²) < 4.78 is 30.5. The molecule has 0 N–H and O–H groups in total. The zero-order valence-electron chi connectivity index (χ0n) is 13.0. The number of benzene rings is 1. The maximum Gasteiger partial charge on any atom is 0.297 e. The van der Waals surface area contributed by atoms with Crippen molar-refractivity contribution in [1.29, 1.82) is 0 Å². The largest absolute Gasteiger partial charge is 0.299 e. The number of rotatable bonds is 3. The Labute approximate surface area is 132 Å². The number of aryl methyl sites for hydroxylation is 1. The fourth-order valence-electron chi connectivity index (χ4n) is 3.93. The summed E-state index contributed by atoms with van der Waals surface area (Å²) in [6.07, 6.45) is 3.30. The molecule has 2 saturated carbocycles. The van der Waals surface area contributed by atoms with Crippen LogP contribution in [0.15, 0.2) is 29.2 Å². The zero-order chi connectivity index (χ0) is 16.0. The minimum absolute atomic E-state index is 0.0222. The predicted octanol–water partition coefficient (Wildman–Crippen LogP) is 3.24. The molecule has 1 aromatic rings. The van der Waals surface area contributed by atoms with E-state index in [1.807, 2.05) is 13.8 Å². The predicted molar refractivity (Wildman–Crippen MR) is 82.9 cm³/mol. The van der Waals surface area contributed by atoms with E-state index in [2.05, 4.69) is 0 Å². The number of hydrogen-bond acceptors (Lipinski definition) is 4. The third-order valence-electron chi connectivity index (χ3n) is 5.33. The lowest BCUT2D eigenvalue weighted by atomic mass is 9.68. The van der Waals surface area contributed by atoms with Crippen molar-refractivity contribution in [2.45, 2.75) is 57.0 Å². The normalized spacial score (nSPS) is 32.0. The van der Waals surface area contributed by atoms with E-state index >= 15 is 0 Å². The summed E-state index contributed by atoms with van der Waals surface area (Å²) in [5.74, 6) is 0.285. The van der Waals surface area contributed by atoms with E-state index in [9.17, 15) is 13.2 Å². The highest BCUT2D eigenvalue weighted by Crippen LogP contribution is 2.51. The Kier molecular flexibility index (Phi) is 3.89. The Morgan fingerprint density at radius 2 is 1.86 bits per heavy atom. The average Bonchev–Trinajstić information content (AvgIpc) is 2.76. The first-order chi connectivity index (χ1) is 10.3. The number of Topliss-reactive ketones (excluding diaryl/α,β-unsaturated/α-hetero) is 1. The molecule has 0 radical (unpaired) electrons. The number of carbonyl (C=O) groups excluding carboxylic acids is 1. The van der Waals surface area contributed by atoms with Crippen LogP contribution in [0, 0.1) is 18.3 Å². The zero-order valence-corrected chi connectivity index (χ0v) is 13.9. The molecule has 0 heterocycles. The first-order valence-electron chi connectivity index (χ1n) is 7.86. The number of hydrogen-bond donors (Lipinski definition) is 0. The second kappa shape index (κ2) is 5.46. The summed E-state index contributed by atoms with van der Waals surface area (Å²) >= 11 is 0. The minimum atomic E-state index is -3.77. The number of fused-ring (bicyclic) bond motifs is 1. The lowest BCUT2D eigenvalue weighted by Gasteiger charge is -2.39. The van der Waals surface area contributed by atoms with Gasteiger partial charge in [-0.15, -0.1) is 0 Å². The number of carbonyl (C=O) groups is 1. The van der Waals surface area contributed by atoms with Gasteiger partial charge in [0, 0.05) is 11.8 Å². The molecule has 0 saturated heterocycles. The summed E-state index contributed by atoms with van der Waals surface area (Å²) in [6, 6.07) is 6.68. The van der Waals surface area contributed by atoms with E-state index in [0.717, 1.165) is 24.8 Å². The summed E-state index contributed by atoms with van der Waals surface area (Å²) in [7, 11) is -3.77. The van der Waals surface area contributed by atoms with Crippen molar-refractivity contribution in [3.05, 3.63) is 29.8 Å². The van der Waals surface area contributed by atoms with Crippen LogP contribution in [0.25, 0.3) is 0 Å². The lowest BCUT2D eigenvalue weighted by molar-refractivity contribution is -0.129. The molecule has 2 aliphatic rings. The molecule has 5 heteroatoms. The van der Waals surface area contributed by atoms with E-state index in [1.165, 1.54) is 0 Å². The molecular weight excluding hydrogens is 300 g/mol. The molecule has 0 spiro atoms. The molecule has 2 aliphatic carbocycles. The molecule has 22 heavy (non-hydrogen) atoms. The monoisotopic (exact) mass is 322 g/mol. The van der Waals surface area contributed by atoms with Gasteiger partial charge in [-0.25, -0.2) is 0 Å². The standard InChI is InChI=1S/C17H22O4S/c1-12-5-7-13(8-6-12)22(19,20)21-15-4-3-11-17(2)14(15)9-10-16(17)18/h5-8,14-15H,3-4,9-11H2,1-2H3/t14-,15+,17-/m0/s1. The van der Waals surface area contributed by atoms with E-state index < -0.39 is 15.5 Å². The smallest absolute Gasteiger partial charge is 0.297 e. The van der Waals surface area contributed by atoms with Gasteiger partial charge >= 0.3 is 0 Å². The molecule has 0 amide bonds. The van der Waals surface area contributed by atoms with Crippen molar-refractivity contribution >= 4 is 15.9 Å². The second-order valence-electron chi connectivity index (χ2n) is 6.78. The van der Waals surface area contributed by atoms with Crippen LogP contribution in [0.2, 0.25) is 0 Å². The molecule has 0 aliphatic heterocycles. The highest BCUT2D eigenvalue weighted by atomic mass is 32.2. The second-order valence-corrected chi connectivity index (χ2v) is 8.35. The topological polar surface area (TPSA) is 60.4 Å². The molecule has 3 rings (SSSR count). The maximum absolute atomic E-state index is 12.5. The maximum atomic E-state index is 12.5. The van der Waals surface area contributed by atoms with Crippen molar-refractivity contribution < 1.29 is 17.4 Å². The van der Waals surface area contributed by atoms with Crippen molar-refractivity contribution in [3.63, 3.8) is 0 Å². The summed E-state index contributed by atoms with van der Waals surface area (Å²) in [5, 5.41) is 0. The fraction of sp³-hybridized carbons (Fsp3) is 0.588. The van der Waals surface area contributed by atoms with E-state index in [4.69, 9.17) is 4.18 Å². The molecule has 2 fully saturated rings. The van der Waals surface area contributed by atoms with Crippen molar-refractivity contribution in [2.75, 3.05) is 0 Å². The molecule has 120 valence electrons. The van der Waals surface area contributed by atoms with Gasteiger partial charge in [-0.05, 0) is 50.7 Å². The van der Waals surface area contributed by atoms with Gasteiger partial charge < -0.3 is 0 Å². The van der Waals surface area contributed by atoms with Crippen LogP contribution in [0.3, 0.4) is 0 Å². The van der Waals surface area contributed by atoms with Crippen LogP contribution < -0.4 is 0 Å². The quantitative estimate of drug-likeness (QED) is 0.802. The molecule has 4 nitrogen and oxygen atoms in total. The van der Waals surface area contributed by atoms with Crippen LogP contribution >= 0.6 is 0 Å². The molecule has 1 aromatic carbocycles. The van der Waals surface area contributed by atoms with E-state index in [-0.39, 0.29) is 22.7 Å². The van der Waals surface area contributed by atoms with Gasteiger partial charge in [0.25, 0.3) is 10.1 Å². The van der Waals surface area contributed by atoms with Gasteiger partial charge in [0.15, 0.2) is 0 Å². The van der Waals surface area contributed by atoms with Gasteiger partial charge in [0.1, 0.15) is 5.78 Å². The lowest BCUT2D eigenvalue weighted by Crippen LogP contribution is -2.42. The van der Waals surface area contributed by atoms with Gasteiger partial charge in [-0.1, -0.05) is 24.6 Å². The Morgan fingerprint density at radius 1 is 1.18 bits per heavy atom. The molecule has 0 unspecified atom stereocenters. The highest BCUT2D eigenvalue weighted by Gasteiger charge is 2.52. The molecule has 3 atom stereocenters. The Morgan fingerprint density at radius 3 is 2.55 bits per heavy atom. The third kappa shape index (κ3) is 2.61. The van der Waals surface area contributed by atoms with E-state index in [1.54, 1.807) is 24.3 Å². The molecular formula is C17H22O4S. The van der Waals surface area contributed by atoms with Crippen LogP contribution in [-0.2, 0) is 19.1 Å². The average molecular weight is 322 g/mol. The van der Waals surface area contributed by atoms with Gasteiger partial charge in [-0.2, -0.15) is 8.42 Å². The first-order valence-corrected chi connectivity index (χ1v) is 9.27. The summed E-state index contributed by atoms with van der Waals surface area (Å²) in [6.45, 7) is 3.88.